The first-order valence-corrected chi connectivity index (χ1v) is 8.91. The molecule has 0 fully saturated rings. The van der Waals surface area contributed by atoms with Crippen LogP contribution in [0.5, 0.6) is 0 Å². The van der Waals surface area contributed by atoms with Crippen molar-refractivity contribution >= 4 is 32.9 Å². The van der Waals surface area contributed by atoms with Gasteiger partial charge in [-0.25, -0.2) is 4.98 Å². The Bertz CT molecular complexity index is 928. The molecule has 128 valence electrons. The molecule has 2 aromatic carbocycles. The molecule has 5 heteroatoms. The summed E-state index contributed by atoms with van der Waals surface area (Å²) in [5.74, 6) is 0.675. The Balaban J connectivity index is 2.01. The highest BCUT2D eigenvalue weighted by atomic mass is 79.9. The summed E-state index contributed by atoms with van der Waals surface area (Å²) in [5.41, 5.74) is 3.64. The van der Waals surface area contributed by atoms with Crippen molar-refractivity contribution in [2.45, 2.75) is 26.4 Å². The fraction of sp³-hybridized carbons (Fsp3) is 0.200. The number of para-hydroxylation sites is 2. The Kier molecular flexibility index (Phi) is 5.04. The van der Waals surface area contributed by atoms with E-state index in [0.717, 1.165) is 21.3 Å². The molecule has 1 amide bonds. The number of imidazole rings is 1. The molecular formula is C20H20BrN3O. The van der Waals surface area contributed by atoms with E-state index in [1.54, 1.807) is 6.92 Å². The molecular weight excluding hydrogens is 378 g/mol. The predicted octanol–water partition coefficient (Wildman–Crippen LogP) is 4.60. The van der Waals surface area contributed by atoms with Crippen LogP contribution in [0.4, 0.5) is 0 Å². The molecule has 0 saturated heterocycles. The lowest BCUT2D eigenvalue weighted by Gasteiger charge is -2.16. The van der Waals surface area contributed by atoms with Crippen LogP contribution in [0.1, 0.15) is 31.3 Å². The highest BCUT2D eigenvalue weighted by molar-refractivity contribution is 9.10. The van der Waals surface area contributed by atoms with E-state index in [1.165, 1.54) is 5.56 Å². The normalized spacial score (nSPS) is 12.1. The van der Waals surface area contributed by atoms with E-state index in [1.807, 2.05) is 37.3 Å². The third kappa shape index (κ3) is 3.82. The molecule has 1 unspecified atom stereocenters. The number of carbonyl (C=O) groups is 1. The maximum Gasteiger partial charge on any atom is 0.246 e. The third-order valence-electron chi connectivity index (χ3n) is 4.06. The number of aromatic nitrogens is 2. The number of benzene rings is 2. The summed E-state index contributed by atoms with van der Waals surface area (Å²) in [6.07, 6.45) is 0. The van der Waals surface area contributed by atoms with Gasteiger partial charge in [-0.15, -0.1) is 0 Å². The van der Waals surface area contributed by atoms with Gasteiger partial charge in [0.05, 0.1) is 17.1 Å². The molecule has 25 heavy (non-hydrogen) atoms. The minimum absolute atomic E-state index is 0.158. The minimum Gasteiger partial charge on any atom is -0.343 e. The molecule has 1 aromatic heterocycles. The van der Waals surface area contributed by atoms with E-state index in [4.69, 9.17) is 4.98 Å². The number of nitrogens with zero attached hydrogens (tertiary/aromatic N) is 2. The second-order valence-electron chi connectivity index (χ2n) is 6.15. The highest BCUT2D eigenvalue weighted by Gasteiger charge is 2.18. The predicted molar refractivity (Wildman–Crippen MR) is 104 cm³/mol. The quantitative estimate of drug-likeness (QED) is 0.639. The van der Waals surface area contributed by atoms with Crippen molar-refractivity contribution in [3.8, 4) is 0 Å². The largest absolute Gasteiger partial charge is 0.343 e. The summed E-state index contributed by atoms with van der Waals surface area (Å²) in [5, 5.41) is 2.96. The van der Waals surface area contributed by atoms with Gasteiger partial charge in [-0.1, -0.05) is 46.8 Å². The number of halogens is 1. The first kappa shape index (κ1) is 17.4. The van der Waals surface area contributed by atoms with Crippen LogP contribution in [0.2, 0.25) is 0 Å². The van der Waals surface area contributed by atoms with Gasteiger partial charge in [0.15, 0.2) is 0 Å². The topological polar surface area (TPSA) is 46.9 Å². The highest BCUT2D eigenvalue weighted by Crippen LogP contribution is 2.23. The summed E-state index contributed by atoms with van der Waals surface area (Å²) in [7, 11) is 0. The van der Waals surface area contributed by atoms with Gasteiger partial charge in [0.25, 0.3) is 0 Å². The lowest BCUT2D eigenvalue weighted by Crippen LogP contribution is -2.29. The van der Waals surface area contributed by atoms with E-state index >= 15 is 0 Å². The summed E-state index contributed by atoms with van der Waals surface area (Å²) >= 11 is 3.47. The zero-order valence-corrected chi connectivity index (χ0v) is 15.9. The van der Waals surface area contributed by atoms with Crippen molar-refractivity contribution < 1.29 is 4.79 Å². The van der Waals surface area contributed by atoms with Crippen LogP contribution in [0, 0.1) is 0 Å². The first-order valence-electron chi connectivity index (χ1n) is 8.11. The summed E-state index contributed by atoms with van der Waals surface area (Å²) < 4.78 is 3.20. The SMILES string of the molecule is C=C(C)C(=O)NC(C)c1nc2ccccc2n1Cc1ccc(Br)cc1. The maximum absolute atomic E-state index is 12.0. The van der Waals surface area contributed by atoms with Crippen molar-refractivity contribution in [2.24, 2.45) is 0 Å². The van der Waals surface area contributed by atoms with Crippen LogP contribution in [-0.4, -0.2) is 15.5 Å². The number of amides is 1. The number of carbonyl (C=O) groups excluding carboxylic acids is 1. The fourth-order valence-corrected chi connectivity index (χ4v) is 3.01. The second kappa shape index (κ2) is 7.23. The van der Waals surface area contributed by atoms with Gasteiger partial charge in [-0.2, -0.15) is 0 Å². The van der Waals surface area contributed by atoms with Crippen molar-refractivity contribution in [2.75, 3.05) is 0 Å². The molecule has 0 aliphatic heterocycles. The van der Waals surface area contributed by atoms with Crippen LogP contribution in [0.25, 0.3) is 11.0 Å². The minimum atomic E-state index is -0.216. The molecule has 0 saturated carbocycles. The van der Waals surface area contributed by atoms with Crippen LogP contribution in [-0.2, 0) is 11.3 Å². The Morgan fingerprint density at radius 1 is 1.24 bits per heavy atom. The van der Waals surface area contributed by atoms with Crippen molar-refractivity contribution in [1.82, 2.24) is 14.9 Å². The molecule has 0 bridgehead atoms. The van der Waals surface area contributed by atoms with E-state index in [2.05, 4.69) is 50.6 Å². The third-order valence-corrected chi connectivity index (χ3v) is 4.59. The lowest BCUT2D eigenvalue weighted by molar-refractivity contribution is -0.118. The molecule has 0 aliphatic carbocycles. The van der Waals surface area contributed by atoms with Crippen LogP contribution >= 0.6 is 15.9 Å². The van der Waals surface area contributed by atoms with Gasteiger partial charge in [0.1, 0.15) is 5.82 Å². The average Bonchev–Trinajstić information content (AvgIpc) is 2.95. The molecule has 0 radical (unpaired) electrons. The standard InChI is InChI=1S/C20H20BrN3O/c1-13(2)20(25)22-14(3)19-23-17-6-4-5-7-18(17)24(19)12-15-8-10-16(21)11-9-15/h4-11,14H,1,12H2,2-3H3,(H,22,25). The Labute approximate surface area is 155 Å². The molecule has 1 heterocycles. The van der Waals surface area contributed by atoms with Crippen molar-refractivity contribution in [3.63, 3.8) is 0 Å². The van der Waals surface area contributed by atoms with E-state index in [-0.39, 0.29) is 11.9 Å². The van der Waals surface area contributed by atoms with Gasteiger partial charge in [0.2, 0.25) is 5.91 Å². The maximum atomic E-state index is 12.0. The molecule has 0 aliphatic rings. The molecule has 3 aromatic rings. The second-order valence-corrected chi connectivity index (χ2v) is 7.06. The fourth-order valence-electron chi connectivity index (χ4n) is 2.75. The molecule has 0 spiro atoms. The first-order chi connectivity index (χ1) is 12.0. The molecule has 1 atom stereocenters. The van der Waals surface area contributed by atoms with Gasteiger partial charge in [0, 0.05) is 16.6 Å². The lowest BCUT2D eigenvalue weighted by atomic mass is 10.2. The molecule has 1 N–H and O–H groups in total. The number of hydrogen-bond donors (Lipinski definition) is 1. The average molecular weight is 398 g/mol. The Morgan fingerprint density at radius 3 is 2.60 bits per heavy atom. The zero-order valence-electron chi connectivity index (χ0n) is 14.3. The van der Waals surface area contributed by atoms with Crippen LogP contribution in [0.15, 0.2) is 65.2 Å². The van der Waals surface area contributed by atoms with Gasteiger partial charge < -0.3 is 9.88 Å². The van der Waals surface area contributed by atoms with Crippen molar-refractivity contribution in [1.29, 1.82) is 0 Å². The van der Waals surface area contributed by atoms with E-state index in [0.29, 0.717) is 12.1 Å². The number of fused-ring (bicyclic) bond motifs is 1. The van der Waals surface area contributed by atoms with E-state index in [9.17, 15) is 4.79 Å². The Morgan fingerprint density at radius 2 is 1.92 bits per heavy atom. The van der Waals surface area contributed by atoms with Gasteiger partial charge in [-0.05, 0) is 43.7 Å². The van der Waals surface area contributed by atoms with E-state index < -0.39 is 0 Å². The van der Waals surface area contributed by atoms with Crippen molar-refractivity contribution in [3.05, 3.63) is 76.5 Å². The van der Waals surface area contributed by atoms with Gasteiger partial charge >= 0.3 is 0 Å². The number of hydrogen-bond acceptors (Lipinski definition) is 2. The van der Waals surface area contributed by atoms with Crippen LogP contribution in [0.3, 0.4) is 0 Å². The summed E-state index contributed by atoms with van der Waals surface area (Å²) in [4.78, 5) is 16.7. The molecule has 4 nitrogen and oxygen atoms in total. The monoisotopic (exact) mass is 397 g/mol. The summed E-state index contributed by atoms with van der Waals surface area (Å²) in [6.45, 7) is 8.04. The number of rotatable bonds is 5. The Hall–Kier alpha value is -2.40. The smallest absolute Gasteiger partial charge is 0.246 e. The summed E-state index contributed by atoms with van der Waals surface area (Å²) in [6, 6.07) is 16.0. The van der Waals surface area contributed by atoms with Crippen LogP contribution < -0.4 is 5.32 Å². The zero-order chi connectivity index (χ0) is 18.0. The number of nitrogens with one attached hydrogen (secondary N) is 1. The molecule has 3 rings (SSSR count). The van der Waals surface area contributed by atoms with Gasteiger partial charge in [-0.3, -0.25) is 4.79 Å².